The summed E-state index contributed by atoms with van der Waals surface area (Å²) in [6.45, 7) is 1.43. The third-order valence-corrected chi connectivity index (χ3v) is 6.03. The van der Waals surface area contributed by atoms with Crippen molar-refractivity contribution in [1.29, 1.82) is 0 Å². The fourth-order valence-electron chi connectivity index (χ4n) is 4.12. The molecule has 0 radical (unpaired) electrons. The van der Waals surface area contributed by atoms with Gasteiger partial charge in [-0.05, 0) is 36.2 Å². The predicted octanol–water partition coefficient (Wildman–Crippen LogP) is 4.14. The summed E-state index contributed by atoms with van der Waals surface area (Å²) in [5, 5.41) is 6.42. The SMILES string of the molecule is NC(=O)c1cnc(Nc2ccc(N3CCCN(C(=O)C(F)(F)F)CC3)cc2)cc1NCc1ccccc1. The molecule has 11 heteroatoms. The van der Waals surface area contributed by atoms with Crippen molar-refractivity contribution >= 4 is 34.7 Å². The minimum Gasteiger partial charge on any atom is -0.380 e. The predicted molar refractivity (Wildman–Crippen MR) is 136 cm³/mol. The number of hydrogen-bond donors (Lipinski definition) is 3. The highest BCUT2D eigenvalue weighted by Gasteiger charge is 2.42. The van der Waals surface area contributed by atoms with Gasteiger partial charge in [0.25, 0.3) is 5.91 Å². The van der Waals surface area contributed by atoms with Crippen LogP contribution in [0.25, 0.3) is 0 Å². The number of amides is 2. The van der Waals surface area contributed by atoms with Gasteiger partial charge in [-0.2, -0.15) is 13.2 Å². The van der Waals surface area contributed by atoms with Gasteiger partial charge in [-0.15, -0.1) is 0 Å². The van der Waals surface area contributed by atoms with Crippen LogP contribution >= 0.6 is 0 Å². The Bertz CT molecular complexity index is 1240. The number of alkyl halides is 3. The van der Waals surface area contributed by atoms with E-state index in [1.807, 2.05) is 59.5 Å². The highest BCUT2D eigenvalue weighted by atomic mass is 19.4. The van der Waals surface area contributed by atoms with Crippen LogP contribution in [0.3, 0.4) is 0 Å². The van der Waals surface area contributed by atoms with Crippen molar-refractivity contribution in [2.45, 2.75) is 19.1 Å². The van der Waals surface area contributed by atoms with Crippen molar-refractivity contribution in [2.24, 2.45) is 5.73 Å². The molecule has 2 aromatic carbocycles. The third kappa shape index (κ3) is 6.69. The van der Waals surface area contributed by atoms with Crippen molar-refractivity contribution in [2.75, 3.05) is 41.7 Å². The number of nitrogens with zero attached hydrogens (tertiary/aromatic N) is 3. The standard InChI is InChI=1S/C26H27F3N6O2/c27-26(28,29)25(37)35-12-4-11-34(13-14-35)20-9-7-19(8-10-20)33-23-15-22(21(17-32-23)24(30)36)31-16-18-5-2-1-3-6-18/h1-3,5-10,15,17H,4,11-14,16H2,(H2,30,36)(H2,31,32,33). The van der Waals surface area contributed by atoms with Crippen LogP contribution in [-0.4, -0.2) is 54.1 Å². The minimum atomic E-state index is -4.86. The molecule has 1 aliphatic heterocycles. The van der Waals surface area contributed by atoms with Crippen molar-refractivity contribution in [3.63, 3.8) is 0 Å². The fourth-order valence-corrected chi connectivity index (χ4v) is 4.12. The Morgan fingerprint density at radius 3 is 2.38 bits per heavy atom. The molecule has 3 aromatic rings. The third-order valence-electron chi connectivity index (χ3n) is 6.03. The summed E-state index contributed by atoms with van der Waals surface area (Å²) in [6.07, 6.45) is -3.00. The fraction of sp³-hybridized carbons (Fsp3) is 0.269. The van der Waals surface area contributed by atoms with E-state index in [4.69, 9.17) is 5.73 Å². The van der Waals surface area contributed by atoms with Gasteiger partial charge in [0.05, 0.1) is 11.3 Å². The number of anilines is 4. The highest BCUT2D eigenvalue weighted by molar-refractivity contribution is 5.98. The Hall–Kier alpha value is -4.28. The summed E-state index contributed by atoms with van der Waals surface area (Å²) in [7, 11) is 0. The number of nitrogens with one attached hydrogen (secondary N) is 2. The number of primary amides is 1. The van der Waals surface area contributed by atoms with Crippen molar-refractivity contribution in [3.05, 3.63) is 78.0 Å². The van der Waals surface area contributed by atoms with Gasteiger partial charge >= 0.3 is 12.1 Å². The molecular weight excluding hydrogens is 485 g/mol. The second-order valence-corrected chi connectivity index (χ2v) is 8.62. The second kappa shape index (κ2) is 11.2. The van der Waals surface area contributed by atoms with E-state index in [1.165, 1.54) is 6.20 Å². The van der Waals surface area contributed by atoms with Crippen LogP contribution in [-0.2, 0) is 11.3 Å². The molecule has 1 fully saturated rings. The van der Waals surface area contributed by atoms with Crippen LogP contribution in [0.2, 0.25) is 0 Å². The Labute approximate surface area is 212 Å². The molecule has 0 unspecified atom stereocenters. The molecular formula is C26H27F3N6O2. The number of carbonyl (C=O) groups excluding carboxylic acids is 2. The van der Waals surface area contributed by atoms with Crippen LogP contribution in [0.1, 0.15) is 22.3 Å². The smallest absolute Gasteiger partial charge is 0.380 e. The Morgan fingerprint density at radius 1 is 0.973 bits per heavy atom. The number of rotatable bonds is 7. The summed E-state index contributed by atoms with van der Waals surface area (Å²) < 4.78 is 38.3. The first-order chi connectivity index (χ1) is 17.7. The molecule has 0 atom stereocenters. The minimum absolute atomic E-state index is 0.00718. The van der Waals surface area contributed by atoms with Gasteiger partial charge in [0.1, 0.15) is 5.82 Å². The molecule has 8 nitrogen and oxygen atoms in total. The molecule has 0 bridgehead atoms. The quantitative estimate of drug-likeness (QED) is 0.440. The molecule has 194 valence electrons. The average molecular weight is 513 g/mol. The summed E-state index contributed by atoms with van der Waals surface area (Å²) in [5.41, 5.74) is 8.95. The number of nitrogens with two attached hydrogens (primary N) is 1. The number of pyridine rings is 1. The van der Waals surface area contributed by atoms with E-state index in [2.05, 4.69) is 15.6 Å². The van der Waals surface area contributed by atoms with Gasteiger partial charge in [0.2, 0.25) is 0 Å². The van der Waals surface area contributed by atoms with Crippen LogP contribution in [0, 0.1) is 0 Å². The molecule has 4 rings (SSSR count). The maximum Gasteiger partial charge on any atom is 0.471 e. The lowest BCUT2D eigenvalue weighted by Crippen LogP contribution is -2.43. The van der Waals surface area contributed by atoms with Gasteiger partial charge in [-0.1, -0.05) is 30.3 Å². The van der Waals surface area contributed by atoms with E-state index in [1.54, 1.807) is 6.07 Å². The number of hydrogen-bond acceptors (Lipinski definition) is 6. The number of halogens is 3. The topological polar surface area (TPSA) is 104 Å². The summed E-state index contributed by atoms with van der Waals surface area (Å²) in [4.78, 5) is 30.5. The maximum absolute atomic E-state index is 12.8. The number of aromatic nitrogens is 1. The average Bonchev–Trinajstić information content (AvgIpc) is 3.14. The molecule has 0 saturated carbocycles. The summed E-state index contributed by atoms with van der Waals surface area (Å²) >= 11 is 0. The van der Waals surface area contributed by atoms with Crippen LogP contribution in [0.4, 0.5) is 36.1 Å². The number of carbonyl (C=O) groups is 2. The van der Waals surface area contributed by atoms with E-state index in [-0.39, 0.29) is 18.7 Å². The van der Waals surface area contributed by atoms with Gasteiger partial charge in [-0.3, -0.25) is 9.59 Å². The molecule has 1 aliphatic rings. The monoisotopic (exact) mass is 512 g/mol. The molecule has 0 spiro atoms. The van der Waals surface area contributed by atoms with Gasteiger partial charge in [0, 0.05) is 56.4 Å². The van der Waals surface area contributed by atoms with Gasteiger partial charge in [-0.25, -0.2) is 4.98 Å². The van der Waals surface area contributed by atoms with Gasteiger partial charge < -0.3 is 26.2 Å². The van der Waals surface area contributed by atoms with Gasteiger partial charge in [0.15, 0.2) is 0 Å². The molecule has 2 amide bonds. The maximum atomic E-state index is 12.8. The van der Waals surface area contributed by atoms with Crippen molar-refractivity contribution in [3.8, 4) is 0 Å². The normalized spacial score (nSPS) is 14.1. The summed E-state index contributed by atoms with van der Waals surface area (Å²) in [6, 6.07) is 18.8. The summed E-state index contributed by atoms with van der Waals surface area (Å²) in [5.74, 6) is -1.88. The molecule has 1 aromatic heterocycles. The largest absolute Gasteiger partial charge is 0.471 e. The van der Waals surface area contributed by atoms with E-state index >= 15 is 0 Å². The van der Waals surface area contributed by atoms with E-state index in [9.17, 15) is 22.8 Å². The van der Waals surface area contributed by atoms with E-state index < -0.39 is 18.0 Å². The van der Waals surface area contributed by atoms with Crippen molar-refractivity contribution < 1.29 is 22.8 Å². The first kappa shape index (κ1) is 25.8. The molecule has 37 heavy (non-hydrogen) atoms. The Morgan fingerprint density at radius 2 is 1.70 bits per heavy atom. The lowest BCUT2D eigenvalue weighted by atomic mass is 10.2. The Kier molecular flexibility index (Phi) is 7.80. The highest BCUT2D eigenvalue weighted by Crippen LogP contribution is 2.25. The van der Waals surface area contributed by atoms with E-state index in [0.717, 1.165) is 21.8 Å². The van der Waals surface area contributed by atoms with Crippen LogP contribution in [0.15, 0.2) is 66.9 Å². The molecule has 4 N–H and O–H groups in total. The van der Waals surface area contributed by atoms with Crippen LogP contribution in [0.5, 0.6) is 0 Å². The lowest BCUT2D eigenvalue weighted by Gasteiger charge is -2.24. The van der Waals surface area contributed by atoms with Crippen molar-refractivity contribution in [1.82, 2.24) is 9.88 Å². The zero-order valence-electron chi connectivity index (χ0n) is 20.0. The second-order valence-electron chi connectivity index (χ2n) is 8.62. The lowest BCUT2D eigenvalue weighted by molar-refractivity contribution is -0.185. The zero-order chi connectivity index (χ0) is 26.4. The Balaban J connectivity index is 1.41. The zero-order valence-corrected chi connectivity index (χ0v) is 20.0. The van der Waals surface area contributed by atoms with Crippen LogP contribution < -0.4 is 21.3 Å². The number of benzene rings is 2. The first-order valence-corrected chi connectivity index (χ1v) is 11.8. The molecule has 2 heterocycles. The first-order valence-electron chi connectivity index (χ1n) is 11.8. The van der Waals surface area contributed by atoms with E-state index in [0.29, 0.717) is 37.6 Å². The molecule has 1 saturated heterocycles. The molecule has 0 aliphatic carbocycles.